The molecule has 0 aliphatic carbocycles. The van der Waals surface area contributed by atoms with E-state index < -0.39 is 11.0 Å². The third-order valence-corrected chi connectivity index (χ3v) is 2.73. The van der Waals surface area contributed by atoms with Gasteiger partial charge in [0.1, 0.15) is 0 Å². The van der Waals surface area contributed by atoms with E-state index >= 15 is 0 Å². The largest absolute Gasteiger partial charge is 0.395 e. The van der Waals surface area contributed by atoms with Crippen LogP contribution in [0.3, 0.4) is 0 Å². The number of rotatable bonds is 8. The molecule has 1 unspecified atom stereocenters. The number of nitro benzene ring substituents is 1. The van der Waals surface area contributed by atoms with Crippen molar-refractivity contribution in [2.24, 2.45) is 0 Å². The molecule has 1 aromatic rings. The third kappa shape index (κ3) is 4.92. The maximum Gasteiger partial charge on any atom is 0.269 e. The van der Waals surface area contributed by atoms with Gasteiger partial charge in [-0.2, -0.15) is 0 Å². The summed E-state index contributed by atoms with van der Waals surface area (Å²) in [4.78, 5) is 11.8. The van der Waals surface area contributed by atoms with Crippen LogP contribution >= 0.6 is 0 Å². The van der Waals surface area contributed by atoms with Gasteiger partial charge in [-0.3, -0.25) is 15.0 Å². The van der Waals surface area contributed by atoms with Crippen LogP contribution in [-0.4, -0.2) is 58.0 Å². The van der Waals surface area contributed by atoms with Gasteiger partial charge in [-0.15, -0.1) is 0 Å². The highest BCUT2D eigenvalue weighted by Gasteiger charge is 2.15. The van der Waals surface area contributed by atoms with Gasteiger partial charge in [-0.1, -0.05) is 12.1 Å². The fraction of sp³-hybridized carbons (Fsp3) is 0.500. The molecule has 7 nitrogen and oxygen atoms in total. The molecular formula is C12H18N2O5. The number of aliphatic hydroxyl groups excluding tert-OH is 3. The van der Waals surface area contributed by atoms with Gasteiger partial charge in [0, 0.05) is 31.8 Å². The summed E-state index contributed by atoms with van der Waals surface area (Å²) in [6.45, 7) is 0.685. The standard InChI is InChI=1S/C12H18N2O5/c15-6-4-13(5-7-16)9-12(17)10-2-1-3-11(8-10)14(18)19/h1-3,8,12,15-17H,4-7,9H2. The Morgan fingerprint density at radius 3 is 2.42 bits per heavy atom. The van der Waals surface area contributed by atoms with Crippen LogP contribution in [0.4, 0.5) is 5.69 Å². The van der Waals surface area contributed by atoms with Gasteiger partial charge in [-0.25, -0.2) is 0 Å². The van der Waals surface area contributed by atoms with Crippen molar-refractivity contribution < 1.29 is 20.2 Å². The highest BCUT2D eigenvalue weighted by molar-refractivity contribution is 5.35. The van der Waals surface area contributed by atoms with Gasteiger partial charge >= 0.3 is 0 Å². The molecule has 0 fully saturated rings. The molecule has 0 aliphatic rings. The summed E-state index contributed by atoms with van der Waals surface area (Å²) < 4.78 is 0. The molecule has 0 spiro atoms. The van der Waals surface area contributed by atoms with Crippen LogP contribution in [0.1, 0.15) is 11.7 Å². The predicted molar refractivity (Wildman–Crippen MR) is 68.7 cm³/mol. The van der Waals surface area contributed by atoms with E-state index in [4.69, 9.17) is 10.2 Å². The molecule has 1 rings (SSSR count). The van der Waals surface area contributed by atoms with Gasteiger partial charge in [-0.05, 0) is 5.56 Å². The second kappa shape index (κ2) is 7.80. The second-order valence-corrected chi connectivity index (χ2v) is 4.12. The number of benzene rings is 1. The summed E-state index contributed by atoms with van der Waals surface area (Å²) in [6.07, 6.45) is -0.905. The fourth-order valence-corrected chi connectivity index (χ4v) is 1.77. The molecule has 0 saturated heterocycles. The summed E-state index contributed by atoms with van der Waals surface area (Å²) in [6, 6.07) is 5.79. The first-order valence-corrected chi connectivity index (χ1v) is 5.95. The zero-order valence-electron chi connectivity index (χ0n) is 10.5. The van der Waals surface area contributed by atoms with Gasteiger partial charge < -0.3 is 15.3 Å². The van der Waals surface area contributed by atoms with E-state index in [0.29, 0.717) is 18.7 Å². The molecule has 0 radical (unpaired) electrons. The quantitative estimate of drug-likeness (QED) is 0.450. The van der Waals surface area contributed by atoms with Crippen molar-refractivity contribution in [2.75, 3.05) is 32.8 Å². The normalized spacial score (nSPS) is 12.6. The molecule has 1 atom stereocenters. The molecule has 0 heterocycles. The summed E-state index contributed by atoms with van der Waals surface area (Å²) in [7, 11) is 0. The van der Waals surface area contributed by atoms with E-state index in [1.165, 1.54) is 18.2 Å². The van der Waals surface area contributed by atoms with Crippen molar-refractivity contribution in [3.63, 3.8) is 0 Å². The molecule has 0 aliphatic heterocycles. The lowest BCUT2D eigenvalue weighted by Gasteiger charge is -2.23. The lowest BCUT2D eigenvalue weighted by molar-refractivity contribution is -0.385. The van der Waals surface area contributed by atoms with Gasteiger partial charge in [0.05, 0.1) is 24.2 Å². The molecular weight excluding hydrogens is 252 g/mol. The summed E-state index contributed by atoms with van der Waals surface area (Å²) in [5.74, 6) is 0. The van der Waals surface area contributed by atoms with E-state index in [9.17, 15) is 15.2 Å². The van der Waals surface area contributed by atoms with Crippen molar-refractivity contribution >= 4 is 5.69 Å². The number of hydrogen-bond donors (Lipinski definition) is 3. The zero-order chi connectivity index (χ0) is 14.3. The molecule has 106 valence electrons. The first-order chi connectivity index (χ1) is 9.08. The Hall–Kier alpha value is -1.54. The Morgan fingerprint density at radius 2 is 1.89 bits per heavy atom. The minimum Gasteiger partial charge on any atom is -0.395 e. The Balaban J connectivity index is 2.72. The minimum absolute atomic E-state index is 0.0765. The first kappa shape index (κ1) is 15.5. The highest BCUT2D eigenvalue weighted by Crippen LogP contribution is 2.19. The van der Waals surface area contributed by atoms with Crippen molar-refractivity contribution in [1.29, 1.82) is 0 Å². The Labute approximate surface area is 110 Å². The average molecular weight is 270 g/mol. The van der Waals surface area contributed by atoms with Gasteiger partial charge in [0.25, 0.3) is 5.69 Å². The van der Waals surface area contributed by atoms with Gasteiger partial charge in [0.2, 0.25) is 0 Å². The lowest BCUT2D eigenvalue weighted by Crippen LogP contribution is -2.33. The van der Waals surface area contributed by atoms with Crippen LogP contribution in [0.5, 0.6) is 0 Å². The maximum atomic E-state index is 10.7. The summed E-state index contributed by atoms with van der Waals surface area (Å²) in [5.41, 5.74) is 0.363. The van der Waals surface area contributed by atoms with Crippen molar-refractivity contribution in [2.45, 2.75) is 6.10 Å². The van der Waals surface area contributed by atoms with Crippen LogP contribution in [0.15, 0.2) is 24.3 Å². The number of nitro groups is 1. The van der Waals surface area contributed by atoms with Crippen LogP contribution in [0.25, 0.3) is 0 Å². The van der Waals surface area contributed by atoms with E-state index in [1.54, 1.807) is 11.0 Å². The Bertz CT molecular complexity index is 407. The van der Waals surface area contributed by atoms with E-state index in [1.807, 2.05) is 0 Å². The van der Waals surface area contributed by atoms with Crippen LogP contribution in [-0.2, 0) is 0 Å². The van der Waals surface area contributed by atoms with E-state index in [2.05, 4.69) is 0 Å². The topological polar surface area (TPSA) is 107 Å². The molecule has 0 bridgehead atoms. The highest BCUT2D eigenvalue weighted by atomic mass is 16.6. The smallest absolute Gasteiger partial charge is 0.269 e. The third-order valence-electron chi connectivity index (χ3n) is 2.73. The first-order valence-electron chi connectivity index (χ1n) is 5.95. The molecule has 7 heteroatoms. The maximum absolute atomic E-state index is 10.7. The number of aliphatic hydroxyl groups is 3. The fourth-order valence-electron chi connectivity index (χ4n) is 1.77. The van der Waals surface area contributed by atoms with Crippen LogP contribution in [0.2, 0.25) is 0 Å². The van der Waals surface area contributed by atoms with Crippen molar-refractivity contribution in [3.05, 3.63) is 39.9 Å². The average Bonchev–Trinajstić information content (AvgIpc) is 2.39. The molecule has 1 aromatic carbocycles. The minimum atomic E-state index is -0.905. The monoisotopic (exact) mass is 270 g/mol. The molecule has 19 heavy (non-hydrogen) atoms. The van der Waals surface area contributed by atoms with Gasteiger partial charge in [0.15, 0.2) is 0 Å². The van der Waals surface area contributed by atoms with Crippen molar-refractivity contribution in [3.8, 4) is 0 Å². The van der Waals surface area contributed by atoms with E-state index in [0.717, 1.165) is 0 Å². The summed E-state index contributed by atoms with van der Waals surface area (Å²) in [5, 5.41) is 38.4. The molecule has 0 amide bonds. The molecule has 0 aromatic heterocycles. The van der Waals surface area contributed by atoms with E-state index in [-0.39, 0.29) is 25.4 Å². The van der Waals surface area contributed by atoms with Crippen LogP contribution in [0, 0.1) is 10.1 Å². The molecule has 3 N–H and O–H groups in total. The SMILES string of the molecule is O=[N+]([O-])c1cccc(C(O)CN(CCO)CCO)c1. The molecule has 0 saturated carbocycles. The zero-order valence-corrected chi connectivity index (χ0v) is 10.5. The Kier molecular flexibility index (Phi) is 6.37. The lowest BCUT2D eigenvalue weighted by atomic mass is 10.1. The Morgan fingerprint density at radius 1 is 1.26 bits per heavy atom. The number of nitrogens with zero attached hydrogens (tertiary/aromatic N) is 2. The van der Waals surface area contributed by atoms with Crippen LogP contribution < -0.4 is 0 Å². The number of non-ortho nitro benzene ring substituents is 1. The van der Waals surface area contributed by atoms with Crippen molar-refractivity contribution in [1.82, 2.24) is 4.90 Å². The second-order valence-electron chi connectivity index (χ2n) is 4.12. The predicted octanol–water partition coefficient (Wildman–Crippen LogP) is -0.0852. The number of hydrogen-bond acceptors (Lipinski definition) is 6. The summed E-state index contributed by atoms with van der Waals surface area (Å²) >= 11 is 0.